The van der Waals surface area contributed by atoms with Gasteiger partial charge in [-0.25, -0.2) is 4.79 Å². The van der Waals surface area contributed by atoms with Crippen LogP contribution in [0.4, 0.5) is 0 Å². The molecule has 2 aromatic heterocycles. The number of aromatic nitrogens is 2. The van der Waals surface area contributed by atoms with Crippen LogP contribution in [0.3, 0.4) is 0 Å². The number of esters is 1. The minimum atomic E-state index is -0.355. The fraction of sp³-hybridized carbons (Fsp3) is 0.286. The number of nitrogens with one attached hydrogen (secondary N) is 1. The van der Waals surface area contributed by atoms with Crippen molar-refractivity contribution in [1.29, 1.82) is 0 Å². The first kappa shape index (κ1) is 17.3. The minimum Gasteiger partial charge on any atom is -0.465 e. The van der Waals surface area contributed by atoms with Crippen LogP contribution in [-0.2, 0) is 28.9 Å². The van der Waals surface area contributed by atoms with Gasteiger partial charge in [-0.3, -0.25) is 9.78 Å². The number of carbonyl (C=O) groups excluding carboxylic acids is 2. The van der Waals surface area contributed by atoms with E-state index in [9.17, 15) is 9.59 Å². The highest BCUT2D eigenvalue weighted by atomic mass is 16.5. The summed E-state index contributed by atoms with van der Waals surface area (Å²) in [7, 11) is 1.38. The van der Waals surface area contributed by atoms with E-state index in [2.05, 4.69) is 9.97 Å². The normalized spacial score (nSPS) is 13.4. The fourth-order valence-electron chi connectivity index (χ4n) is 3.63. The van der Waals surface area contributed by atoms with Gasteiger partial charge >= 0.3 is 5.97 Å². The van der Waals surface area contributed by atoms with Gasteiger partial charge in [-0.15, -0.1) is 0 Å². The van der Waals surface area contributed by atoms with Gasteiger partial charge in [-0.05, 0) is 36.2 Å². The molecule has 0 unspecified atom stereocenters. The highest BCUT2D eigenvalue weighted by Gasteiger charge is 2.24. The summed E-state index contributed by atoms with van der Waals surface area (Å²) in [5, 5.41) is 0.984. The Morgan fingerprint density at radius 2 is 2.19 bits per heavy atom. The summed E-state index contributed by atoms with van der Waals surface area (Å²) in [5.74, 6) is -0.213. The molecule has 1 amide bonds. The van der Waals surface area contributed by atoms with Crippen LogP contribution >= 0.6 is 0 Å². The maximum absolute atomic E-state index is 12.7. The van der Waals surface area contributed by atoms with E-state index in [1.807, 2.05) is 29.2 Å². The van der Waals surface area contributed by atoms with E-state index < -0.39 is 0 Å². The molecule has 0 fully saturated rings. The number of rotatable bonds is 4. The number of ether oxygens (including phenoxy) is 1. The molecule has 0 spiro atoms. The Kier molecular flexibility index (Phi) is 4.62. The van der Waals surface area contributed by atoms with Crippen LogP contribution in [0.15, 0.2) is 42.7 Å². The van der Waals surface area contributed by atoms with Gasteiger partial charge in [0, 0.05) is 60.5 Å². The number of hydrogen-bond acceptors (Lipinski definition) is 4. The van der Waals surface area contributed by atoms with Gasteiger partial charge in [0.05, 0.1) is 12.7 Å². The smallest absolute Gasteiger partial charge is 0.337 e. The van der Waals surface area contributed by atoms with Crippen molar-refractivity contribution >= 4 is 22.8 Å². The zero-order chi connectivity index (χ0) is 18.8. The molecule has 3 heterocycles. The van der Waals surface area contributed by atoms with Gasteiger partial charge in [0.1, 0.15) is 0 Å². The summed E-state index contributed by atoms with van der Waals surface area (Å²) >= 11 is 0. The molecule has 1 aliphatic heterocycles. The van der Waals surface area contributed by atoms with Crippen molar-refractivity contribution in [2.75, 3.05) is 13.7 Å². The standard InChI is InChI=1S/C21H21N3O3/c1-27-21(26)15-5-6-18-16(11-15)17-13-24(10-8-19(17)23-18)20(25)7-4-14-3-2-9-22-12-14/h2-3,5-6,9,11-12,23H,4,7-8,10,13H2,1H3. The maximum atomic E-state index is 12.7. The molecule has 0 saturated heterocycles. The first-order chi connectivity index (χ1) is 13.2. The summed E-state index contributed by atoms with van der Waals surface area (Å²) < 4.78 is 4.82. The average Bonchev–Trinajstić information content (AvgIpc) is 3.09. The Morgan fingerprint density at radius 3 is 2.96 bits per heavy atom. The number of aromatic amines is 1. The molecule has 0 bridgehead atoms. The lowest BCUT2D eigenvalue weighted by Crippen LogP contribution is -2.35. The summed E-state index contributed by atoms with van der Waals surface area (Å²) in [6, 6.07) is 9.38. The Labute approximate surface area is 157 Å². The van der Waals surface area contributed by atoms with Gasteiger partial charge < -0.3 is 14.6 Å². The third-order valence-electron chi connectivity index (χ3n) is 5.10. The molecule has 27 heavy (non-hydrogen) atoms. The van der Waals surface area contributed by atoms with Crippen molar-refractivity contribution in [3.8, 4) is 0 Å². The Bertz CT molecular complexity index is 995. The lowest BCUT2D eigenvalue weighted by atomic mass is 10.0. The van der Waals surface area contributed by atoms with Crippen LogP contribution in [0, 0.1) is 0 Å². The molecule has 138 valence electrons. The van der Waals surface area contributed by atoms with E-state index in [0.717, 1.165) is 34.1 Å². The van der Waals surface area contributed by atoms with Crippen molar-refractivity contribution in [2.45, 2.75) is 25.8 Å². The van der Waals surface area contributed by atoms with Crippen molar-refractivity contribution in [1.82, 2.24) is 14.9 Å². The molecule has 1 N–H and O–H groups in total. The number of pyridine rings is 1. The second-order valence-electron chi connectivity index (χ2n) is 6.76. The maximum Gasteiger partial charge on any atom is 0.337 e. The van der Waals surface area contributed by atoms with Gasteiger partial charge in [0.15, 0.2) is 0 Å². The van der Waals surface area contributed by atoms with E-state index in [1.165, 1.54) is 7.11 Å². The molecular weight excluding hydrogens is 342 g/mol. The van der Waals surface area contributed by atoms with Crippen LogP contribution in [0.5, 0.6) is 0 Å². The molecule has 6 nitrogen and oxygen atoms in total. The van der Waals surface area contributed by atoms with Crippen molar-refractivity contribution < 1.29 is 14.3 Å². The number of nitrogens with zero attached hydrogens (tertiary/aromatic N) is 2. The van der Waals surface area contributed by atoms with Crippen molar-refractivity contribution in [2.24, 2.45) is 0 Å². The first-order valence-corrected chi connectivity index (χ1v) is 9.04. The van der Waals surface area contributed by atoms with Gasteiger partial charge in [0.25, 0.3) is 0 Å². The number of hydrogen-bond donors (Lipinski definition) is 1. The second-order valence-corrected chi connectivity index (χ2v) is 6.76. The molecule has 6 heteroatoms. The van der Waals surface area contributed by atoms with Crippen LogP contribution in [-0.4, -0.2) is 40.4 Å². The Morgan fingerprint density at radius 1 is 1.30 bits per heavy atom. The highest BCUT2D eigenvalue weighted by molar-refractivity contribution is 5.96. The fourth-order valence-corrected chi connectivity index (χ4v) is 3.63. The van der Waals surface area contributed by atoms with Crippen LogP contribution < -0.4 is 0 Å². The predicted octanol–water partition coefficient (Wildman–Crippen LogP) is 2.87. The van der Waals surface area contributed by atoms with E-state index in [1.54, 1.807) is 18.5 Å². The van der Waals surface area contributed by atoms with Gasteiger partial charge in [-0.2, -0.15) is 0 Å². The molecular formula is C21H21N3O3. The molecule has 3 aromatic rings. The summed E-state index contributed by atoms with van der Waals surface area (Å²) in [4.78, 5) is 33.9. The SMILES string of the molecule is COC(=O)c1ccc2[nH]c3c(c2c1)CN(C(=O)CCc1cccnc1)CC3. The minimum absolute atomic E-state index is 0.142. The van der Waals surface area contributed by atoms with E-state index in [0.29, 0.717) is 31.5 Å². The van der Waals surface area contributed by atoms with E-state index >= 15 is 0 Å². The molecule has 1 aromatic carbocycles. The zero-order valence-electron chi connectivity index (χ0n) is 15.2. The zero-order valence-corrected chi connectivity index (χ0v) is 15.2. The Hall–Kier alpha value is -3.15. The lowest BCUT2D eigenvalue weighted by Gasteiger charge is -2.27. The highest BCUT2D eigenvalue weighted by Crippen LogP contribution is 2.29. The number of methoxy groups -OCH3 is 1. The topological polar surface area (TPSA) is 75.3 Å². The monoisotopic (exact) mass is 363 g/mol. The van der Waals surface area contributed by atoms with Gasteiger partial charge in [0.2, 0.25) is 5.91 Å². The van der Waals surface area contributed by atoms with Crippen molar-refractivity contribution in [3.05, 3.63) is 65.1 Å². The molecule has 1 aliphatic rings. The third-order valence-corrected chi connectivity index (χ3v) is 5.10. The number of fused-ring (bicyclic) bond motifs is 3. The average molecular weight is 363 g/mol. The van der Waals surface area contributed by atoms with E-state index in [-0.39, 0.29) is 11.9 Å². The molecule has 0 aliphatic carbocycles. The molecule has 0 radical (unpaired) electrons. The van der Waals surface area contributed by atoms with E-state index in [4.69, 9.17) is 4.74 Å². The van der Waals surface area contributed by atoms with Crippen LogP contribution in [0.25, 0.3) is 10.9 Å². The molecule has 0 saturated carbocycles. The summed E-state index contributed by atoms with van der Waals surface area (Å²) in [5.41, 5.74) is 4.81. The largest absolute Gasteiger partial charge is 0.465 e. The Balaban J connectivity index is 1.52. The van der Waals surface area contributed by atoms with Crippen LogP contribution in [0.2, 0.25) is 0 Å². The number of H-pyrrole nitrogens is 1. The van der Waals surface area contributed by atoms with Crippen molar-refractivity contribution in [3.63, 3.8) is 0 Å². The lowest BCUT2D eigenvalue weighted by molar-refractivity contribution is -0.132. The number of carbonyl (C=O) groups is 2. The number of aryl methyl sites for hydroxylation is 1. The summed E-state index contributed by atoms with van der Waals surface area (Å²) in [6.07, 6.45) is 5.48. The molecule has 4 rings (SSSR count). The first-order valence-electron chi connectivity index (χ1n) is 9.04. The third kappa shape index (κ3) is 3.43. The second kappa shape index (κ2) is 7.23. The predicted molar refractivity (Wildman–Crippen MR) is 101 cm³/mol. The number of benzene rings is 1. The quantitative estimate of drug-likeness (QED) is 0.723. The molecule has 0 atom stereocenters. The van der Waals surface area contributed by atoms with Gasteiger partial charge in [-0.1, -0.05) is 6.07 Å². The van der Waals surface area contributed by atoms with Crippen LogP contribution in [0.1, 0.15) is 33.6 Å². The summed E-state index contributed by atoms with van der Waals surface area (Å²) in [6.45, 7) is 1.27. The number of amides is 1.